The zero-order chi connectivity index (χ0) is 22.0. The van der Waals surface area contributed by atoms with Gasteiger partial charge >= 0.3 is 6.18 Å². The molecule has 9 heteroatoms. The molecular weight excluding hydrogens is 409 g/mol. The van der Waals surface area contributed by atoms with Crippen LogP contribution in [-0.4, -0.2) is 28.0 Å². The van der Waals surface area contributed by atoms with Crippen LogP contribution in [0.5, 0.6) is 5.88 Å². The molecule has 4 rings (SSSR count). The van der Waals surface area contributed by atoms with Gasteiger partial charge in [0.15, 0.2) is 0 Å². The number of methoxy groups -OCH3 is 1. The second-order valence-electron chi connectivity index (χ2n) is 7.20. The fourth-order valence-corrected chi connectivity index (χ4v) is 3.64. The van der Waals surface area contributed by atoms with Crippen LogP contribution in [-0.2, 0) is 12.6 Å². The summed E-state index contributed by atoms with van der Waals surface area (Å²) in [6.07, 6.45) is 2.13. The van der Waals surface area contributed by atoms with E-state index in [1.165, 1.54) is 19.4 Å². The van der Waals surface area contributed by atoms with Crippen molar-refractivity contribution in [1.82, 2.24) is 20.3 Å². The van der Waals surface area contributed by atoms with Gasteiger partial charge in [-0.05, 0) is 54.7 Å². The van der Waals surface area contributed by atoms with E-state index in [-0.39, 0.29) is 11.9 Å². The number of amides is 1. The Kier molecular flexibility index (Phi) is 5.58. The standard InChI is InChI=1S/C22H19F3N4O2/c1-31-20-10-14(6-8-27-20)21(30)29-17-4-2-3-15-12-28-18(11-16(15)17)13-5-7-26-19(9-13)22(23,24)25/h5-12,17H,2-4H2,1H3,(H,29,30)/t17-/m0/s1. The third kappa shape index (κ3) is 4.50. The Labute approximate surface area is 176 Å². The number of hydrogen-bond donors (Lipinski definition) is 1. The van der Waals surface area contributed by atoms with E-state index in [4.69, 9.17) is 4.74 Å². The maximum absolute atomic E-state index is 13.0. The molecule has 0 radical (unpaired) electrons. The Morgan fingerprint density at radius 2 is 1.94 bits per heavy atom. The predicted molar refractivity (Wildman–Crippen MR) is 106 cm³/mol. The molecule has 0 aromatic carbocycles. The molecule has 160 valence electrons. The highest BCUT2D eigenvalue weighted by Gasteiger charge is 2.32. The third-order valence-electron chi connectivity index (χ3n) is 5.19. The van der Waals surface area contributed by atoms with Crippen molar-refractivity contribution in [2.45, 2.75) is 31.5 Å². The van der Waals surface area contributed by atoms with Crippen LogP contribution >= 0.6 is 0 Å². The molecule has 3 aromatic rings. The smallest absolute Gasteiger partial charge is 0.433 e. The highest BCUT2D eigenvalue weighted by Crippen LogP contribution is 2.34. The van der Waals surface area contributed by atoms with Crippen LogP contribution in [0.3, 0.4) is 0 Å². The van der Waals surface area contributed by atoms with Crippen LogP contribution in [0.1, 0.15) is 46.1 Å². The minimum absolute atomic E-state index is 0.277. The predicted octanol–water partition coefficient (Wildman–Crippen LogP) is 4.37. The molecule has 0 unspecified atom stereocenters. The Bertz CT molecular complexity index is 1120. The van der Waals surface area contributed by atoms with Gasteiger partial charge in [-0.15, -0.1) is 0 Å². The second kappa shape index (κ2) is 8.33. The molecule has 6 nitrogen and oxygen atoms in total. The normalized spacial score (nSPS) is 15.8. The maximum atomic E-state index is 13.0. The minimum Gasteiger partial charge on any atom is -0.481 e. The highest BCUT2D eigenvalue weighted by atomic mass is 19.4. The van der Waals surface area contributed by atoms with Crippen molar-refractivity contribution in [3.8, 4) is 17.1 Å². The van der Waals surface area contributed by atoms with Crippen LogP contribution in [0.15, 0.2) is 48.9 Å². The van der Waals surface area contributed by atoms with Crippen LogP contribution in [0, 0.1) is 0 Å². The van der Waals surface area contributed by atoms with Crippen molar-refractivity contribution in [1.29, 1.82) is 0 Å². The monoisotopic (exact) mass is 428 g/mol. The van der Waals surface area contributed by atoms with E-state index in [9.17, 15) is 18.0 Å². The van der Waals surface area contributed by atoms with E-state index >= 15 is 0 Å². The van der Waals surface area contributed by atoms with Crippen LogP contribution in [0.2, 0.25) is 0 Å². The Hall–Kier alpha value is -3.49. The van der Waals surface area contributed by atoms with Gasteiger partial charge < -0.3 is 10.1 Å². The minimum atomic E-state index is -4.54. The van der Waals surface area contributed by atoms with Crippen molar-refractivity contribution >= 4 is 5.91 Å². The van der Waals surface area contributed by atoms with Crippen molar-refractivity contribution < 1.29 is 22.7 Å². The summed E-state index contributed by atoms with van der Waals surface area (Å²) < 4.78 is 44.2. The molecule has 31 heavy (non-hydrogen) atoms. The van der Waals surface area contributed by atoms with E-state index in [1.54, 1.807) is 24.4 Å². The summed E-state index contributed by atoms with van der Waals surface area (Å²) in [6, 6.07) is 7.09. The number of carbonyl (C=O) groups is 1. The lowest BCUT2D eigenvalue weighted by molar-refractivity contribution is -0.141. The quantitative estimate of drug-likeness (QED) is 0.668. The first kappa shape index (κ1) is 20.8. The summed E-state index contributed by atoms with van der Waals surface area (Å²) in [5, 5.41) is 3.01. The molecule has 0 bridgehead atoms. The Morgan fingerprint density at radius 3 is 2.71 bits per heavy atom. The number of alkyl halides is 3. The van der Waals surface area contributed by atoms with Crippen molar-refractivity contribution in [2.24, 2.45) is 0 Å². The van der Waals surface area contributed by atoms with Gasteiger partial charge in [0, 0.05) is 35.8 Å². The zero-order valence-corrected chi connectivity index (χ0v) is 16.6. The molecule has 0 saturated carbocycles. The van der Waals surface area contributed by atoms with Gasteiger partial charge in [-0.1, -0.05) is 0 Å². The molecule has 1 aliphatic rings. The number of nitrogens with one attached hydrogen (secondary N) is 1. The largest absolute Gasteiger partial charge is 0.481 e. The first-order chi connectivity index (χ1) is 14.8. The van der Waals surface area contributed by atoms with Gasteiger partial charge in [-0.2, -0.15) is 13.2 Å². The lowest BCUT2D eigenvalue weighted by atomic mass is 9.87. The SMILES string of the molecule is COc1cc(C(=O)N[C@H]2CCCc3cnc(-c4ccnc(C(F)(F)F)c4)cc32)ccn1. The molecule has 0 saturated heterocycles. The summed E-state index contributed by atoms with van der Waals surface area (Å²) in [5.41, 5.74) is 1.99. The van der Waals surface area contributed by atoms with Gasteiger partial charge in [0.05, 0.1) is 18.8 Å². The number of fused-ring (bicyclic) bond motifs is 1. The summed E-state index contributed by atoms with van der Waals surface area (Å²) in [7, 11) is 1.47. The van der Waals surface area contributed by atoms with Gasteiger partial charge in [-0.3, -0.25) is 14.8 Å². The number of hydrogen-bond acceptors (Lipinski definition) is 5. The molecular formula is C22H19F3N4O2. The summed E-state index contributed by atoms with van der Waals surface area (Å²) in [6.45, 7) is 0. The number of pyridine rings is 3. The molecule has 1 atom stereocenters. The van der Waals surface area contributed by atoms with Gasteiger partial charge in [-0.25, -0.2) is 4.98 Å². The van der Waals surface area contributed by atoms with Gasteiger partial charge in [0.1, 0.15) is 5.69 Å². The zero-order valence-electron chi connectivity index (χ0n) is 16.6. The van der Waals surface area contributed by atoms with Crippen molar-refractivity contribution in [3.05, 3.63) is 71.3 Å². The molecule has 3 aromatic heterocycles. The van der Waals surface area contributed by atoms with Crippen molar-refractivity contribution in [3.63, 3.8) is 0 Å². The number of ether oxygens (including phenoxy) is 1. The summed E-state index contributed by atoms with van der Waals surface area (Å²) >= 11 is 0. The van der Waals surface area contributed by atoms with Gasteiger partial charge in [0.2, 0.25) is 5.88 Å². The highest BCUT2D eigenvalue weighted by molar-refractivity contribution is 5.94. The lowest BCUT2D eigenvalue weighted by Crippen LogP contribution is -2.31. The first-order valence-corrected chi connectivity index (χ1v) is 9.68. The van der Waals surface area contributed by atoms with Crippen LogP contribution in [0.4, 0.5) is 13.2 Å². The Morgan fingerprint density at radius 1 is 1.13 bits per heavy atom. The topological polar surface area (TPSA) is 77.0 Å². The van der Waals surface area contributed by atoms with E-state index in [0.29, 0.717) is 29.1 Å². The fourth-order valence-electron chi connectivity index (χ4n) is 3.64. The number of aromatic nitrogens is 3. The molecule has 0 fully saturated rings. The molecule has 1 amide bonds. The number of halogens is 3. The van der Waals surface area contributed by atoms with E-state index in [1.807, 2.05) is 0 Å². The molecule has 1 aliphatic carbocycles. The summed E-state index contributed by atoms with van der Waals surface area (Å²) in [5.74, 6) is 0.0570. The van der Waals surface area contributed by atoms with Crippen molar-refractivity contribution in [2.75, 3.05) is 7.11 Å². The number of carbonyl (C=O) groups excluding carboxylic acids is 1. The third-order valence-corrected chi connectivity index (χ3v) is 5.19. The maximum Gasteiger partial charge on any atom is 0.433 e. The average Bonchev–Trinajstić information content (AvgIpc) is 2.78. The summed E-state index contributed by atoms with van der Waals surface area (Å²) in [4.78, 5) is 24.5. The molecule has 3 heterocycles. The van der Waals surface area contributed by atoms with Gasteiger partial charge in [0.25, 0.3) is 5.91 Å². The average molecular weight is 428 g/mol. The second-order valence-corrected chi connectivity index (χ2v) is 7.20. The van der Waals surface area contributed by atoms with Crippen LogP contribution < -0.4 is 10.1 Å². The van der Waals surface area contributed by atoms with E-state index < -0.39 is 11.9 Å². The number of rotatable bonds is 4. The number of nitrogens with zero attached hydrogens (tertiary/aromatic N) is 3. The van der Waals surface area contributed by atoms with E-state index in [2.05, 4.69) is 20.3 Å². The first-order valence-electron chi connectivity index (χ1n) is 9.68. The molecule has 0 aliphatic heterocycles. The number of aryl methyl sites for hydroxylation is 1. The lowest BCUT2D eigenvalue weighted by Gasteiger charge is -2.27. The fraction of sp³-hybridized carbons (Fsp3) is 0.273. The molecule has 1 N–H and O–H groups in total. The van der Waals surface area contributed by atoms with E-state index in [0.717, 1.165) is 36.2 Å². The molecule has 0 spiro atoms. The Balaban J connectivity index is 1.63. The van der Waals surface area contributed by atoms with Crippen LogP contribution in [0.25, 0.3) is 11.3 Å².